The van der Waals surface area contributed by atoms with Crippen LogP contribution in [-0.2, 0) is 11.2 Å². The molecule has 118 valence electrons. The number of nitrogens with one attached hydrogen (secondary N) is 1. The third-order valence-electron chi connectivity index (χ3n) is 4.05. The first kappa shape index (κ1) is 16.0. The predicted molar refractivity (Wildman–Crippen MR) is 83.2 cm³/mol. The SMILES string of the molecule is CC(Cc1ccco1)NC1CCN(CC(=O)N(C)C)CC1. The van der Waals surface area contributed by atoms with Gasteiger partial charge in [-0.1, -0.05) is 0 Å². The van der Waals surface area contributed by atoms with Crippen molar-refractivity contribution in [1.82, 2.24) is 15.1 Å². The van der Waals surface area contributed by atoms with Crippen molar-refractivity contribution >= 4 is 5.91 Å². The summed E-state index contributed by atoms with van der Waals surface area (Å²) in [5, 5.41) is 3.67. The van der Waals surface area contributed by atoms with Crippen LogP contribution in [0.1, 0.15) is 25.5 Å². The van der Waals surface area contributed by atoms with Gasteiger partial charge in [0.1, 0.15) is 5.76 Å². The fourth-order valence-electron chi connectivity index (χ4n) is 2.78. The molecule has 1 atom stereocenters. The van der Waals surface area contributed by atoms with E-state index in [1.54, 1.807) is 11.2 Å². The summed E-state index contributed by atoms with van der Waals surface area (Å²) in [6.07, 6.45) is 4.85. The lowest BCUT2D eigenvalue weighted by Crippen LogP contribution is -2.48. The average Bonchev–Trinajstić information content (AvgIpc) is 2.93. The number of hydrogen-bond donors (Lipinski definition) is 1. The summed E-state index contributed by atoms with van der Waals surface area (Å²) in [5.74, 6) is 1.22. The van der Waals surface area contributed by atoms with E-state index in [0.29, 0.717) is 18.6 Å². The van der Waals surface area contributed by atoms with E-state index in [1.165, 1.54) is 0 Å². The van der Waals surface area contributed by atoms with Gasteiger partial charge in [-0.25, -0.2) is 0 Å². The Labute approximate surface area is 127 Å². The summed E-state index contributed by atoms with van der Waals surface area (Å²) in [6.45, 7) is 4.72. The Morgan fingerprint density at radius 1 is 1.48 bits per heavy atom. The van der Waals surface area contributed by atoms with Crippen LogP contribution in [0.5, 0.6) is 0 Å². The summed E-state index contributed by atoms with van der Waals surface area (Å²) in [4.78, 5) is 15.6. The highest BCUT2D eigenvalue weighted by molar-refractivity contribution is 5.77. The zero-order valence-electron chi connectivity index (χ0n) is 13.3. The molecule has 0 bridgehead atoms. The van der Waals surface area contributed by atoms with E-state index in [4.69, 9.17) is 4.42 Å². The third kappa shape index (κ3) is 5.17. The van der Waals surface area contributed by atoms with Crippen LogP contribution < -0.4 is 5.32 Å². The van der Waals surface area contributed by atoms with E-state index in [1.807, 2.05) is 26.2 Å². The monoisotopic (exact) mass is 293 g/mol. The van der Waals surface area contributed by atoms with E-state index in [9.17, 15) is 4.79 Å². The molecular weight excluding hydrogens is 266 g/mol. The number of likely N-dealkylation sites (tertiary alicyclic amines) is 1. The topological polar surface area (TPSA) is 48.7 Å². The largest absolute Gasteiger partial charge is 0.469 e. The predicted octanol–water partition coefficient (Wildman–Crippen LogP) is 1.35. The quantitative estimate of drug-likeness (QED) is 0.860. The van der Waals surface area contributed by atoms with Crippen LogP contribution in [0.2, 0.25) is 0 Å². The molecule has 1 N–H and O–H groups in total. The molecule has 1 aromatic heterocycles. The molecule has 2 rings (SSSR count). The molecule has 1 aliphatic heterocycles. The first-order chi connectivity index (χ1) is 10.0. The number of amides is 1. The molecule has 2 heterocycles. The summed E-state index contributed by atoms with van der Waals surface area (Å²) < 4.78 is 5.39. The second-order valence-electron chi connectivity index (χ2n) is 6.19. The molecule has 5 nitrogen and oxygen atoms in total. The van der Waals surface area contributed by atoms with Gasteiger partial charge in [-0.05, 0) is 31.9 Å². The zero-order chi connectivity index (χ0) is 15.2. The summed E-state index contributed by atoms with van der Waals surface area (Å²) in [7, 11) is 3.62. The van der Waals surface area contributed by atoms with E-state index in [2.05, 4.69) is 17.1 Å². The molecule has 21 heavy (non-hydrogen) atoms. The summed E-state index contributed by atoms with van der Waals surface area (Å²) in [5.41, 5.74) is 0. The molecule has 5 heteroatoms. The maximum Gasteiger partial charge on any atom is 0.236 e. The number of likely N-dealkylation sites (N-methyl/N-ethyl adjacent to an activating group) is 1. The molecule has 0 aromatic carbocycles. The van der Waals surface area contributed by atoms with Gasteiger partial charge in [-0.3, -0.25) is 9.69 Å². The van der Waals surface area contributed by atoms with Crippen molar-refractivity contribution in [2.45, 2.75) is 38.3 Å². The minimum absolute atomic E-state index is 0.188. The molecule has 0 saturated carbocycles. The zero-order valence-corrected chi connectivity index (χ0v) is 13.3. The number of furan rings is 1. The fourth-order valence-corrected chi connectivity index (χ4v) is 2.78. The van der Waals surface area contributed by atoms with Crippen molar-refractivity contribution < 1.29 is 9.21 Å². The van der Waals surface area contributed by atoms with Crippen molar-refractivity contribution in [3.8, 4) is 0 Å². The maximum atomic E-state index is 11.7. The summed E-state index contributed by atoms with van der Waals surface area (Å²) in [6, 6.07) is 4.91. The lowest BCUT2D eigenvalue weighted by Gasteiger charge is -2.33. The lowest BCUT2D eigenvalue weighted by molar-refractivity contribution is -0.130. The van der Waals surface area contributed by atoms with E-state index < -0.39 is 0 Å². The highest BCUT2D eigenvalue weighted by Gasteiger charge is 2.22. The van der Waals surface area contributed by atoms with Gasteiger partial charge < -0.3 is 14.6 Å². The Hall–Kier alpha value is -1.33. The normalized spacial score (nSPS) is 18.6. The van der Waals surface area contributed by atoms with Crippen LogP contribution in [0, 0.1) is 0 Å². The molecule has 1 aliphatic rings. The Morgan fingerprint density at radius 2 is 2.19 bits per heavy atom. The standard InChI is InChI=1S/C16H27N3O2/c1-13(11-15-5-4-10-21-15)17-14-6-8-19(9-7-14)12-16(20)18(2)3/h4-5,10,13-14,17H,6-9,11-12H2,1-3H3. The molecular formula is C16H27N3O2. The minimum Gasteiger partial charge on any atom is -0.469 e. The third-order valence-corrected chi connectivity index (χ3v) is 4.05. The van der Waals surface area contributed by atoms with Crippen LogP contribution >= 0.6 is 0 Å². The van der Waals surface area contributed by atoms with E-state index in [0.717, 1.165) is 38.1 Å². The second kappa shape index (κ2) is 7.61. The van der Waals surface area contributed by atoms with Gasteiger partial charge in [0.05, 0.1) is 12.8 Å². The smallest absolute Gasteiger partial charge is 0.236 e. The van der Waals surface area contributed by atoms with Gasteiger partial charge in [0.25, 0.3) is 0 Å². The first-order valence-corrected chi connectivity index (χ1v) is 7.75. The van der Waals surface area contributed by atoms with E-state index in [-0.39, 0.29) is 5.91 Å². The fraction of sp³-hybridized carbons (Fsp3) is 0.688. The highest BCUT2D eigenvalue weighted by atomic mass is 16.3. The molecule has 1 amide bonds. The van der Waals surface area contributed by atoms with E-state index >= 15 is 0 Å². The van der Waals surface area contributed by atoms with Gasteiger partial charge >= 0.3 is 0 Å². The average molecular weight is 293 g/mol. The van der Waals surface area contributed by atoms with Gasteiger partial charge in [0, 0.05) is 45.7 Å². The van der Waals surface area contributed by atoms with Crippen LogP contribution in [-0.4, -0.2) is 61.5 Å². The summed E-state index contributed by atoms with van der Waals surface area (Å²) >= 11 is 0. The van der Waals surface area contributed by atoms with Crippen LogP contribution in [0.25, 0.3) is 0 Å². The second-order valence-corrected chi connectivity index (χ2v) is 6.19. The molecule has 1 saturated heterocycles. The molecule has 0 spiro atoms. The van der Waals surface area contributed by atoms with Crippen LogP contribution in [0.4, 0.5) is 0 Å². The van der Waals surface area contributed by atoms with Gasteiger partial charge in [0.2, 0.25) is 5.91 Å². The van der Waals surface area contributed by atoms with Crippen LogP contribution in [0.3, 0.4) is 0 Å². The number of piperidine rings is 1. The minimum atomic E-state index is 0.188. The molecule has 0 radical (unpaired) electrons. The number of rotatable bonds is 6. The Kier molecular flexibility index (Phi) is 5.82. The maximum absolute atomic E-state index is 11.7. The first-order valence-electron chi connectivity index (χ1n) is 7.75. The molecule has 0 aliphatic carbocycles. The molecule has 1 unspecified atom stereocenters. The van der Waals surface area contributed by atoms with Gasteiger partial charge in [-0.15, -0.1) is 0 Å². The number of carbonyl (C=O) groups is 1. The number of nitrogens with zero attached hydrogens (tertiary/aromatic N) is 2. The van der Waals surface area contributed by atoms with Crippen molar-refractivity contribution in [3.05, 3.63) is 24.2 Å². The molecule has 1 fully saturated rings. The van der Waals surface area contributed by atoms with Crippen molar-refractivity contribution in [2.24, 2.45) is 0 Å². The Morgan fingerprint density at radius 3 is 2.76 bits per heavy atom. The van der Waals surface area contributed by atoms with Crippen molar-refractivity contribution in [3.63, 3.8) is 0 Å². The Balaban J connectivity index is 1.68. The van der Waals surface area contributed by atoms with Crippen molar-refractivity contribution in [1.29, 1.82) is 0 Å². The van der Waals surface area contributed by atoms with Gasteiger partial charge in [0.15, 0.2) is 0 Å². The number of carbonyl (C=O) groups excluding carboxylic acids is 1. The highest BCUT2D eigenvalue weighted by Crippen LogP contribution is 2.12. The number of hydrogen-bond acceptors (Lipinski definition) is 4. The van der Waals surface area contributed by atoms with Crippen molar-refractivity contribution in [2.75, 3.05) is 33.7 Å². The Bertz CT molecular complexity index is 423. The lowest BCUT2D eigenvalue weighted by atomic mass is 10.0. The van der Waals surface area contributed by atoms with Crippen LogP contribution in [0.15, 0.2) is 22.8 Å². The van der Waals surface area contributed by atoms with Gasteiger partial charge in [-0.2, -0.15) is 0 Å². The molecule has 1 aromatic rings.